The molecule has 2 aromatic rings. The molecule has 3 rings (SSSR count). The van der Waals surface area contributed by atoms with Gasteiger partial charge in [-0.05, 0) is 12.8 Å². The molecule has 11 nitrogen and oxygen atoms in total. The summed E-state index contributed by atoms with van der Waals surface area (Å²) in [4.78, 5) is 33.4. The van der Waals surface area contributed by atoms with E-state index in [1.807, 2.05) is 0 Å². The van der Waals surface area contributed by atoms with E-state index in [4.69, 9.17) is 4.74 Å². The largest absolute Gasteiger partial charge is 0.467 e. The van der Waals surface area contributed by atoms with Crippen molar-refractivity contribution in [3.8, 4) is 6.01 Å². The third-order valence-corrected chi connectivity index (χ3v) is 6.52. The summed E-state index contributed by atoms with van der Waals surface area (Å²) in [7, 11) is -3.24. The average Bonchev–Trinajstić information content (AvgIpc) is 3.26. The Hall–Kier alpha value is -2.88. The van der Waals surface area contributed by atoms with Crippen LogP contribution in [0.2, 0.25) is 0 Å². The highest BCUT2D eigenvalue weighted by Gasteiger charge is 2.43. The maximum Gasteiger partial charge on any atom is 0.426 e. The summed E-state index contributed by atoms with van der Waals surface area (Å²) < 4.78 is 76.7. The lowest BCUT2D eigenvalue weighted by molar-refractivity contribution is -0.136. The van der Waals surface area contributed by atoms with Crippen molar-refractivity contribution in [3.05, 3.63) is 26.3 Å². The van der Waals surface area contributed by atoms with Crippen LogP contribution in [0.25, 0.3) is 0 Å². The molecule has 30 heavy (non-hydrogen) atoms. The zero-order valence-electron chi connectivity index (χ0n) is 15.2. The van der Waals surface area contributed by atoms with E-state index in [-0.39, 0.29) is 28.1 Å². The fourth-order valence-corrected chi connectivity index (χ4v) is 5.10. The monoisotopic (exact) mass is 470 g/mol. The van der Waals surface area contributed by atoms with Crippen LogP contribution in [0.1, 0.15) is 34.1 Å². The topological polar surface area (TPSA) is 139 Å². The minimum atomic E-state index is -5.26. The molecule has 0 spiro atoms. The molecule has 2 aromatic heterocycles. The Morgan fingerprint density at radius 1 is 1.30 bits per heavy atom. The number of alkyl halides is 3. The third-order valence-electron chi connectivity index (χ3n) is 3.96. The minimum absolute atomic E-state index is 0.0625. The molecule has 1 N–H and O–H groups in total. The van der Waals surface area contributed by atoms with Crippen LogP contribution in [-0.4, -0.2) is 49.0 Å². The van der Waals surface area contributed by atoms with E-state index in [1.165, 1.54) is 11.8 Å². The summed E-state index contributed by atoms with van der Waals surface area (Å²) in [5.74, 6) is -1.36. The van der Waals surface area contributed by atoms with Crippen LogP contribution in [-0.2, 0) is 20.9 Å². The van der Waals surface area contributed by atoms with Crippen LogP contribution in [0.3, 0.4) is 0 Å². The first-order chi connectivity index (χ1) is 13.9. The Kier molecular flexibility index (Phi) is 5.40. The molecule has 0 unspecified atom stereocenters. The van der Waals surface area contributed by atoms with Gasteiger partial charge < -0.3 is 9.47 Å². The molecule has 1 aliphatic rings. The van der Waals surface area contributed by atoms with Crippen LogP contribution in [0.4, 0.5) is 18.0 Å². The van der Waals surface area contributed by atoms with Gasteiger partial charge in [-0.3, -0.25) is 0 Å². The Balaban J connectivity index is 2.04. The van der Waals surface area contributed by atoms with Crippen LogP contribution < -0.4 is 15.1 Å². The quantitative estimate of drug-likeness (QED) is 0.644. The van der Waals surface area contributed by atoms with Crippen LogP contribution in [0, 0.1) is 0 Å². The molecule has 0 radical (unpaired) electrons. The maximum absolute atomic E-state index is 13.3. The van der Waals surface area contributed by atoms with Crippen LogP contribution >= 0.6 is 11.3 Å². The molecular formula is C14H13F3N4O7S2. The van der Waals surface area contributed by atoms with Gasteiger partial charge in [-0.1, -0.05) is 0 Å². The highest BCUT2D eigenvalue weighted by molar-refractivity contribution is 7.90. The molecular weight excluding hydrogens is 457 g/mol. The maximum atomic E-state index is 13.3. The predicted molar refractivity (Wildman–Crippen MR) is 93.1 cm³/mol. The number of rotatable bonds is 5. The van der Waals surface area contributed by atoms with Gasteiger partial charge in [0.05, 0.1) is 19.8 Å². The highest BCUT2D eigenvalue weighted by Crippen LogP contribution is 2.40. The molecule has 0 atom stereocenters. The second kappa shape index (κ2) is 7.42. The standard InChI is InChI=1S/C14H13F3N4O7S2/c1-27-10(22)7-5-29-9(14(15,16)17)8(7)30(25,26)19-11(23)21-13(24)20(6-3-4-6)12(18-21)28-2/h5-6H,3-4H2,1-2H3,(H,19,23). The summed E-state index contributed by atoms with van der Waals surface area (Å²) in [6.07, 6.45) is -3.93. The summed E-state index contributed by atoms with van der Waals surface area (Å²) in [6.45, 7) is 0. The number of carbonyl (C=O) groups is 2. The molecule has 0 aromatic carbocycles. The van der Waals surface area contributed by atoms with Gasteiger partial charge in [-0.15, -0.1) is 21.1 Å². The zero-order chi connectivity index (χ0) is 22.4. The van der Waals surface area contributed by atoms with E-state index >= 15 is 0 Å². The third kappa shape index (κ3) is 3.79. The first-order valence-electron chi connectivity index (χ1n) is 8.02. The van der Waals surface area contributed by atoms with Crippen molar-refractivity contribution in [1.82, 2.24) is 19.1 Å². The van der Waals surface area contributed by atoms with E-state index in [0.717, 1.165) is 11.7 Å². The predicted octanol–water partition coefficient (Wildman–Crippen LogP) is 1.20. The molecule has 0 saturated heterocycles. The van der Waals surface area contributed by atoms with E-state index < -0.39 is 49.2 Å². The number of hydrogen-bond acceptors (Lipinski definition) is 9. The van der Waals surface area contributed by atoms with E-state index in [2.05, 4.69) is 9.84 Å². The fraction of sp³-hybridized carbons (Fsp3) is 0.429. The number of amides is 1. The van der Waals surface area contributed by atoms with Gasteiger partial charge in [0.1, 0.15) is 9.77 Å². The van der Waals surface area contributed by atoms with Gasteiger partial charge in [-0.25, -0.2) is 32.1 Å². The first kappa shape index (κ1) is 21.8. The molecule has 16 heteroatoms. The van der Waals surface area contributed by atoms with Crippen LogP contribution in [0.5, 0.6) is 6.01 Å². The lowest BCUT2D eigenvalue weighted by Crippen LogP contribution is -2.41. The van der Waals surface area contributed by atoms with Gasteiger partial charge in [0.2, 0.25) is 0 Å². The van der Waals surface area contributed by atoms with Crippen molar-refractivity contribution in [2.45, 2.75) is 30.0 Å². The van der Waals surface area contributed by atoms with Gasteiger partial charge in [0.15, 0.2) is 0 Å². The summed E-state index contributed by atoms with van der Waals surface area (Å²) in [5, 5.41) is 4.20. The van der Waals surface area contributed by atoms with E-state index in [9.17, 15) is 36.0 Å². The van der Waals surface area contributed by atoms with Gasteiger partial charge in [-0.2, -0.15) is 13.2 Å². The number of nitrogens with one attached hydrogen (secondary N) is 1. The highest BCUT2D eigenvalue weighted by atomic mass is 32.2. The molecule has 0 aliphatic heterocycles. The number of halogens is 3. The van der Waals surface area contributed by atoms with E-state index in [0.29, 0.717) is 18.2 Å². The van der Waals surface area contributed by atoms with Crippen molar-refractivity contribution in [2.24, 2.45) is 0 Å². The van der Waals surface area contributed by atoms with Crippen molar-refractivity contribution >= 4 is 33.4 Å². The number of sulfonamides is 1. The van der Waals surface area contributed by atoms with Crippen molar-refractivity contribution in [1.29, 1.82) is 0 Å². The normalized spacial score (nSPS) is 14.4. The molecule has 164 valence electrons. The number of thiophene rings is 1. The molecule has 1 fully saturated rings. The number of hydrogen-bond donors (Lipinski definition) is 1. The van der Waals surface area contributed by atoms with Gasteiger partial charge in [0.25, 0.3) is 10.0 Å². The summed E-state index contributed by atoms with van der Waals surface area (Å²) >= 11 is -0.0625. The van der Waals surface area contributed by atoms with Gasteiger partial charge >= 0.3 is 29.9 Å². The Labute approximate surface area is 170 Å². The van der Waals surface area contributed by atoms with Crippen LogP contribution in [0.15, 0.2) is 15.1 Å². The minimum Gasteiger partial charge on any atom is -0.467 e. The Bertz CT molecular complexity index is 1180. The van der Waals surface area contributed by atoms with Gasteiger partial charge in [0, 0.05) is 11.4 Å². The Morgan fingerprint density at radius 3 is 2.43 bits per heavy atom. The second-order valence-corrected chi connectivity index (χ2v) is 8.49. The van der Waals surface area contributed by atoms with Crippen molar-refractivity contribution in [3.63, 3.8) is 0 Å². The Morgan fingerprint density at radius 2 is 1.93 bits per heavy atom. The molecule has 1 saturated carbocycles. The summed E-state index contributed by atoms with van der Waals surface area (Å²) in [6, 6.07) is -2.20. The number of carbonyl (C=O) groups excluding carboxylic acids is 2. The molecule has 1 amide bonds. The molecule has 2 heterocycles. The molecule has 0 bridgehead atoms. The van der Waals surface area contributed by atoms with E-state index in [1.54, 1.807) is 0 Å². The number of ether oxygens (including phenoxy) is 2. The van der Waals surface area contributed by atoms with Crippen molar-refractivity contribution < 1.29 is 40.7 Å². The number of esters is 1. The first-order valence-corrected chi connectivity index (χ1v) is 10.4. The lowest BCUT2D eigenvalue weighted by atomic mass is 10.3. The second-order valence-electron chi connectivity index (χ2n) is 5.99. The fourth-order valence-electron chi connectivity index (χ4n) is 2.55. The van der Waals surface area contributed by atoms with Crippen molar-refractivity contribution in [2.75, 3.05) is 14.2 Å². The molecule has 1 aliphatic carbocycles. The number of methoxy groups -OCH3 is 2. The average molecular weight is 470 g/mol. The number of nitrogens with zero attached hydrogens (tertiary/aromatic N) is 3. The summed E-state index contributed by atoms with van der Waals surface area (Å²) in [5.41, 5.74) is -1.94. The smallest absolute Gasteiger partial charge is 0.426 e. The zero-order valence-corrected chi connectivity index (χ0v) is 16.9. The SMILES string of the molecule is COC(=O)c1csc(C(F)(F)F)c1S(=O)(=O)NC(=O)n1nc(OC)n(C2CC2)c1=O. The number of aromatic nitrogens is 3. The lowest BCUT2D eigenvalue weighted by Gasteiger charge is -2.11.